The van der Waals surface area contributed by atoms with E-state index >= 15 is 0 Å². The second-order valence-electron chi connectivity index (χ2n) is 7.20. The molecule has 7 heteroatoms. The molecule has 1 atom stereocenters. The molecule has 2 aliphatic heterocycles. The Balaban J connectivity index is 1.93. The molecule has 6 nitrogen and oxygen atoms in total. The van der Waals surface area contributed by atoms with Crippen molar-refractivity contribution in [3.63, 3.8) is 0 Å². The Hall–Kier alpha value is -3.61. The lowest BCUT2D eigenvalue weighted by atomic mass is 9.81. The van der Waals surface area contributed by atoms with Crippen LogP contribution in [-0.4, -0.2) is 28.7 Å². The highest BCUT2D eigenvalue weighted by molar-refractivity contribution is 6.25. The second kappa shape index (κ2) is 6.77. The molecule has 0 N–H and O–H groups in total. The standard InChI is InChI=1S/C22H19FN4O2/c1-14(2)11-20(28)27-22(19-10-5-4-7-16(19)13-24-27)15(3)25-26(21(22)29)18-9-6-8-17(23)12-18/h4-13H,1-3H3. The van der Waals surface area contributed by atoms with Gasteiger partial charge in [0.05, 0.1) is 17.6 Å². The highest BCUT2D eigenvalue weighted by Crippen LogP contribution is 2.42. The third kappa shape index (κ3) is 2.77. The number of hydrogen-bond donors (Lipinski definition) is 0. The normalized spacial score (nSPS) is 20.0. The maximum Gasteiger partial charge on any atom is 0.286 e. The Kier molecular flexibility index (Phi) is 4.38. The molecular weight excluding hydrogens is 371 g/mol. The van der Waals surface area contributed by atoms with E-state index in [0.717, 1.165) is 16.1 Å². The zero-order chi connectivity index (χ0) is 20.8. The monoisotopic (exact) mass is 390 g/mol. The van der Waals surface area contributed by atoms with Crippen LogP contribution in [0.5, 0.6) is 0 Å². The fraction of sp³-hybridized carbons (Fsp3) is 0.182. The molecule has 2 heterocycles. The average molecular weight is 390 g/mol. The van der Waals surface area contributed by atoms with Gasteiger partial charge in [-0.25, -0.2) is 9.40 Å². The van der Waals surface area contributed by atoms with Crippen LogP contribution in [0.25, 0.3) is 0 Å². The molecular formula is C22H19FN4O2. The summed E-state index contributed by atoms with van der Waals surface area (Å²) >= 11 is 0. The highest BCUT2D eigenvalue weighted by atomic mass is 19.1. The summed E-state index contributed by atoms with van der Waals surface area (Å²) in [6, 6.07) is 12.9. The van der Waals surface area contributed by atoms with Gasteiger partial charge >= 0.3 is 0 Å². The van der Waals surface area contributed by atoms with Crippen LogP contribution < -0.4 is 5.01 Å². The number of carbonyl (C=O) groups excluding carboxylic acids is 2. The molecule has 1 unspecified atom stereocenters. The number of nitrogens with zero attached hydrogens (tertiary/aromatic N) is 4. The van der Waals surface area contributed by atoms with E-state index in [4.69, 9.17) is 0 Å². The summed E-state index contributed by atoms with van der Waals surface area (Å²) in [4.78, 5) is 26.8. The first-order valence-corrected chi connectivity index (χ1v) is 9.14. The number of hydrazone groups is 2. The van der Waals surface area contributed by atoms with Gasteiger partial charge in [-0.15, -0.1) is 0 Å². The van der Waals surface area contributed by atoms with Crippen LogP contribution in [0.4, 0.5) is 10.1 Å². The maximum absolute atomic E-state index is 13.8. The van der Waals surface area contributed by atoms with Gasteiger partial charge in [0, 0.05) is 17.2 Å². The lowest BCUT2D eigenvalue weighted by Crippen LogP contribution is -2.58. The van der Waals surface area contributed by atoms with Gasteiger partial charge in [-0.2, -0.15) is 15.2 Å². The third-order valence-electron chi connectivity index (χ3n) is 4.93. The van der Waals surface area contributed by atoms with Crippen molar-refractivity contribution < 1.29 is 14.0 Å². The van der Waals surface area contributed by atoms with E-state index in [0.29, 0.717) is 11.3 Å². The van der Waals surface area contributed by atoms with Crippen LogP contribution in [0.15, 0.2) is 70.4 Å². The number of amides is 2. The molecule has 146 valence electrons. The number of rotatable bonds is 2. The summed E-state index contributed by atoms with van der Waals surface area (Å²) in [5, 5.41) is 11.0. The summed E-state index contributed by atoms with van der Waals surface area (Å²) in [7, 11) is 0. The van der Waals surface area contributed by atoms with Gasteiger partial charge in [0.15, 0.2) is 0 Å². The predicted octanol–water partition coefficient (Wildman–Crippen LogP) is 3.59. The second-order valence-corrected chi connectivity index (χ2v) is 7.20. The molecule has 0 aliphatic carbocycles. The average Bonchev–Trinajstić information content (AvgIpc) is 2.94. The van der Waals surface area contributed by atoms with Crippen LogP contribution in [0.3, 0.4) is 0 Å². The number of anilines is 1. The topological polar surface area (TPSA) is 65.3 Å². The van der Waals surface area contributed by atoms with Gasteiger partial charge in [-0.3, -0.25) is 9.59 Å². The van der Waals surface area contributed by atoms with Crippen molar-refractivity contribution in [3.05, 3.63) is 77.1 Å². The Morgan fingerprint density at radius 1 is 1.14 bits per heavy atom. The Bertz CT molecular complexity index is 1120. The molecule has 29 heavy (non-hydrogen) atoms. The molecule has 0 radical (unpaired) electrons. The summed E-state index contributed by atoms with van der Waals surface area (Å²) in [6.45, 7) is 5.27. The van der Waals surface area contributed by atoms with Crippen molar-refractivity contribution in [3.8, 4) is 0 Å². The van der Waals surface area contributed by atoms with Gasteiger partial charge in [-0.1, -0.05) is 35.9 Å². The minimum Gasteiger partial charge on any atom is -0.269 e. The first kappa shape index (κ1) is 18.7. The molecule has 2 amide bonds. The number of benzene rings is 2. The number of halogens is 1. The largest absolute Gasteiger partial charge is 0.286 e. The number of allylic oxidation sites excluding steroid dienone is 1. The van der Waals surface area contributed by atoms with E-state index in [1.165, 1.54) is 29.3 Å². The Morgan fingerprint density at radius 3 is 2.62 bits per heavy atom. The van der Waals surface area contributed by atoms with Gasteiger partial charge in [-0.05, 0) is 39.0 Å². The number of hydrogen-bond acceptors (Lipinski definition) is 4. The molecule has 2 aromatic carbocycles. The van der Waals surface area contributed by atoms with Crippen molar-refractivity contribution in [1.82, 2.24) is 5.01 Å². The summed E-state index contributed by atoms with van der Waals surface area (Å²) in [5.74, 6) is -1.40. The van der Waals surface area contributed by atoms with Crippen molar-refractivity contribution in [2.24, 2.45) is 10.2 Å². The third-order valence-corrected chi connectivity index (χ3v) is 4.93. The van der Waals surface area contributed by atoms with Crippen LogP contribution in [0.2, 0.25) is 0 Å². The lowest BCUT2D eigenvalue weighted by Gasteiger charge is -2.39. The van der Waals surface area contributed by atoms with Crippen LogP contribution in [0, 0.1) is 5.82 Å². The summed E-state index contributed by atoms with van der Waals surface area (Å²) in [6.07, 6.45) is 2.99. The zero-order valence-corrected chi connectivity index (χ0v) is 16.3. The number of fused-ring (bicyclic) bond motifs is 2. The van der Waals surface area contributed by atoms with E-state index < -0.39 is 23.2 Å². The van der Waals surface area contributed by atoms with Crippen molar-refractivity contribution in [1.29, 1.82) is 0 Å². The number of carbonyl (C=O) groups is 2. The minimum atomic E-state index is -1.53. The van der Waals surface area contributed by atoms with E-state index in [-0.39, 0.29) is 5.69 Å². The van der Waals surface area contributed by atoms with Crippen molar-refractivity contribution in [2.45, 2.75) is 26.3 Å². The van der Waals surface area contributed by atoms with Crippen LogP contribution in [0.1, 0.15) is 31.9 Å². The molecule has 2 aromatic rings. The molecule has 0 saturated carbocycles. The Labute approximate surface area is 167 Å². The maximum atomic E-state index is 13.8. The smallest absolute Gasteiger partial charge is 0.269 e. The van der Waals surface area contributed by atoms with Gasteiger partial charge < -0.3 is 0 Å². The highest BCUT2D eigenvalue weighted by Gasteiger charge is 2.59. The Morgan fingerprint density at radius 2 is 1.90 bits per heavy atom. The zero-order valence-electron chi connectivity index (χ0n) is 16.3. The summed E-state index contributed by atoms with van der Waals surface area (Å²) < 4.78 is 13.8. The minimum absolute atomic E-state index is 0.285. The quantitative estimate of drug-likeness (QED) is 0.736. The van der Waals surface area contributed by atoms with Gasteiger partial charge in [0.25, 0.3) is 11.8 Å². The van der Waals surface area contributed by atoms with E-state index in [2.05, 4.69) is 10.2 Å². The molecule has 0 fully saturated rings. The van der Waals surface area contributed by atoms with Gasteiger partial charge in [0.1, 0.15) is 5.82 Å². The molecule has 2 aliphatic rings. The van der Waals surface area contributed by atoms with Crippen molar-refractivity contribution >= 4 is 29.4 Å². The first-order chi connectivity index (χ1) is 13.9. The molecule has 0 saturated heterocycles. The first-order valence-electron chi connectivity index (χ1n) is 9.14. The summed E-state index contributed by atoms with van der Waals surface area (Å²) in [5.41, 5.74) is 1.25. The van der Waals surface area contributed by atoms with Gasteiger partial charge in [0.2, 0.25) is 5.54 Å². The molecule has 0 bridgehead atoms. The predicted molar refractivity (Wildman–Crippen MR) is 109 cm³/mol. The van der Waals surface area contributed by atoms with Crippen LogP contribution in [-0.2, 0) is 15.1 Å². The van der Waals surface area contributed by atoms with E-state index in [9.17, 15) is 14.0 Å². The van der Waals surface area contributed by atoms with E-state index in [1.807, 2.05) is 12.1 Å². The molecule has 1 spiro atoms. The van der Waals surface area contributed by atoms with E-state index in [1.54, 1.807) is 45.2 Å². The molecule has 4 rings (SSSR count). The van der Waals surface area contributed by atoms with Crippen molar-refractivity contribution in [2.75, 3.05) is 5.01 Å². The molecule has 0 aromatic heterocycles. The lowest BCUT2D eigenvalue weighted by molar-refractivity contribution is -0.139. The SMILES string of the molecule is CC(C)=CC(=O)N1N=Cc2ccccc2C12C(=O)N(c1cccc(F)c1)N=C2C. The fourth-order valence-electron chi connectivity index (χ4n) is 3.70. The van der Waals surface area contributed by atoms with Crippen LogP contribution >= 0.6 is 0 Å². The fourth-order valence-corrected chi connectivity index (χ4v) is 3.70.